The number of anilines is 1. The first-order valence-electron chi connectivity index (χ1n) is 5.42. The number of nitrogens with zero attached hydrogens (tertiary/aromatic N) is 1. The van der Waals surface area contributed by atoms with Gasteiger partial charge in [0.15, 0.2) is 5.17 Å². The molecule has 0 radical (unpaired) electrons. The summed E-state index contributed by atoms with van der Waals surface area (Å²) < 4.78 is 0. The second-order valence-corrected chi connectivity index (χ2v) is 5.91. The standard InChI is InChI=1S/C11H10Cl3N3OS/c12-6-3-7(13)10(8(14)4-6)17-9(18)5-19-11-15-1-2-16-11/h3-4H,1-2,5H2,(H,15,16)(H,17,18). The summed E-state index contributed by atoms with van der Waals surface area (Å²) in [6.07, 6.45) is 0. The summed E-state index contributed by atoms with van der Waals surface area (Å²) in [4.78, 5) is 16.0. The summed E-state index contributed by atoms with van der Waals surface area (Å²) >= 11 is 19.1. The van der Waals surface area contributed by atoms with Crippen molar-refractivity contribution < 1.29 is 4.79 Å². The van der Waals surface area contributed by atoms with Crippen molar-refractivity contribution in [1.82, 2.24) is 5.32 Å². The van der Waals surface area contributed by atoms with Gasteiger partial charge in [0.05, 0.1) is 28.0 Å². The van der Waals surface area contributed by atoms with Crippen molar-refractivity contribution in [3.63, 3.8) is 0 Å². The average molecular weight is 339 g/mol. The Balaban J connectivity index is 1.95. The topological polar surface area (TPSA) is 53.5 Å². The van der Waals surface area contributed by atoms with Gasteiger partial charge in [-0.05, 0) is 12.1 Å². The summed E-state index contributed by atoms with van der Waals surface area (Å²) in [7, 11) is 0. The minimum atomic E-state index is -0.201. The first-order valence-corrected chi connectivity index (χ1v) is 7.54. The van der Waals surface area contributed by atoms with E-state index in [2.05, 4.69) is 15.6 Å². The molecule has 1 aliphatic heterocycles. The number of carbonyl (C=O) groups is 1. The molecule has 4 nitrogen and oxygen atoms in total. The Morgan fingerprint density at radius 1 is 1.37 bits per heavy atom. The van der Waals surface area contributed by atoms with Gasteiger partial charge in [-0.15, -0.1) is 0 Å². The highest BCUT2D eigenvalue weighted by Crippen LogP contribution is 2.33. The zero-order valence-electron chi connectivity index (χ0n) is 9.67. The third kappa shape index (κ3) is 4.18. The molecule has 2 rings (SSSR count). The molecule has 0 atom stereocenters. The molecular weight excluding hydrogens is 329 g/mol. The van der Waals surface area contributed by atoms with Crippen LogP contribution < -0.4 is 10.6 Å². The van der Waals surface area contributed by atoms with E-state index in [0.717, 1.165) is 18.3 Å². The maximum absolute atomic E-state index is 11.8. The van der Waals surface area contributed by atoms with Crippen LogP contribution in [0.5, 0.6) is 0 Å². The summed E-state index contributed by atoms with van der Waals surface area (Å²) in [6.45, 7) is 1.57. The second-order valence-electron chi connectivity index (χ2n) is 3.69. The number of amidine groups is 1. The molecule has 0 bridgehead atoms. The molecule has 0 aromatic heterocycles. The van der Waals surface area contributed by atoms with E-state index in [4.69, 9.17) is 34.8 Å². The third-order valence-electron chi connectivity index (χ3n) is 2.25. The van der Waals surface area contributed by atoms with E-state index in [-0.39, 0.29) is 11.7 Å². The molecule has 0 spiro atoms. The molecule has 19 heavy (non-hydrogen) atoms. The molecule has 102 valence electrons. The number of aliphatic imine (C=N–C) groups is 1. The van der Waals surface area contributed by atoms with Gasteiger partial charge >= 0.3 is 0 Å². The van der Waals surface area contributed by atoms with Crippen LogP contribution in [0.25, 0.3) is 0 Å². The van der Waals surface area contributed by atoms with E-state index in [1.807, 2.05) is 0 Å². The Kier molecular flexibility index (Phi) is 5.21. The minimum Gasteiger partial charge on any atom is -0.363 e. The van der Waals surface area contributed by atoms with Crippen LogP contribution in [0.1, 0.15) is 0 Å². The van der Waals surface area contributed by atoms with E-state index in [0.29, 0.717) is 20.8 Å². The Morgan fingerprint density at radius 3 is 2.63 bits per heavy atom. The number of hydrogen-bond donors (Lipinski definition) is 2. The monoisotopic (exact) mass is 337 g/mol. The fourth-order valence-corrected chi connectivity index (χ4v) is 3.08. The van der Waals surface area contributed by atoms with Gasteiger partial charge in [0.2, 0.25) is 5.91 Å². The zero-order chi connectivity index (χ0) is 13.8. The molecule has 0 aliphatic carbocycles. The van der Waals surface area contributed by atoms with Crippen LogP contribution in [-0.2, 0) is 4.79 Å². The number of carbonyl (C=O) groups excluding carboxylic acids is 1. The van der Waals surface area contributed by atoms with Gasteiger partial charge in [0.1, 0.15) is 0 Å². The van der Waals surface area contributed by atoms with Gasteiger partial charge in [-0.1, -0.05) is 46.6 Å². The second kappa shape index (κ2) is 6.70. The smallest absolute Gasteiger partial charge is 0.234 e. The van der Waals surface area contributed by atoms with Crippen molar-refractivity contribution in [2.45, 2.75) is 0 Å². The maximum atomic E-state index is 11.8. The Hall–Kier alpha value is -0.620. The summed E-state index contributed by atoms with van der Waals surface area (Å²) in [5.74, 6) is 0.0359. The van der Waals surface area contributed by atoms with E-state index in [1.54, 1.807) is 0 Å². The summed E-state index contributed by atoms with van der Waals surface area (Å²) in [5, 5.41) is 7.56. The lowest BCUT2D eigenvalue weighted by Gasteiger charge is -2.09. The number of nitrogens with one attached hydrogen (secondary N) is 2. The number of thioether (sulfide) groups is 1. The predicted octanol–water partition coefficient (Wildman–Crippen LogP) is 3.28. The molecule has 0 unspecified atom stereocenters. The fraction of sp³-hybridized carbons (Fsp3) is 0.273. The fourth-order valence-electron chi connectivity index (χ4n) is 1.44. The lowest BCUT2D eigenvalue weighted by molar-refractivity contribution is -0.113. The van der Waals surface area contributed by atoms with Gasteiger partial charge in [0, 0.05) is 11.6 Å². The van der Waals surface area contributed by atoms with Crippen molar-refractivity contribution in [2.24, 2.45) is 4.99 Å². The van der Waals surface area contributed by atoms with Crippen molar-refractivity contribution in [2.75, 3.05) is 24.2 Å². The summed E-state index contributed by atoms with van der Waals surface area (Å²) in [5.41, 5.74) is 0.375. The van der Waals surface area contributed by atoms with E-state index in [1.165, 1.54) is 23.9 Å². The third-order valence-corrected chi connectivity index (χ3v) is 4.02. The van der Waals surface area contributed by atoms with Gasteiger partial charge in [0.25, 0.3) is 0 Å². The molecule has 8 heteroatoms. The quantitative estimate of drug-likeness (QED) is 0.889. The highest BCUT2D eigenvalue weighted by Gasteiger charge is 2.13. The van der Waals surface area contributed by atoms with Crippen LogP contribution in [0.15, 0.2) is 17.1 Å². The highest BCUT2D eigenvalue weighted by molar-refractivity contribution is 8.14. The molecule has 0 saturated heterocycles. The van der Waals surface area contributed by atoms with Crippen LogP contribution in [0, 0.1) is 0 Å². The maximum Gasteiger partial charge on any atom is 0.234 e. The Morgan fingerprint density at radius 2 is 2.05 bits per heavy atom. The number of hydrogen-bond acceptors (Lipinski definition) is 4. The number of rotatable bonds is 3. The van der Waals surface area contributed by atoms with E-state index >= 15 is 0 Å². The SMILES string of the molecule is O=C(CSC1=NCCN1)Nc1c(Cl)cc(Cl)cc1Cl. The molecule has 2 N–H and O–H groups in total. The number of amides is 1. The predicted molar refractivity (Wildman–Crippen MR) is 82.9 cm³/mol. The lowest BCUT2D eigenvalue weighted by atomic mass is 10.3. The first-order chi connectivity index (χ1) is 9.06. The largest absolute Gasteiger partial charge is 0.363 e. The molecular formula is C11H10Cl3N3OS. The molecule has 1 aromatic rings. The molecule has 1 heterocycles. The number of halogens is 3. The summed E-state index contributed by atoms with van der Waals surface area (Å²) in [6, 6.07) is 3.06. The van der Waals surface area contributed by atoms with Crippen LogP contribution in [-0.4, -0.2) is 29.9 Å². The minimum absolute atomic E-state index is 0.201. The van der Waals surface area contributed by atoms with E-state index < -0.39 is 0 Å². The normalized spacial score (nSPS) is 13.9. The van der Waals surface area contributed by atoms with Crippen molar-refractivity contribution in [3.05, 3.63) is 27.2 Å². The molecule has 1 aliphatic rings. The average Bonchev–Trinajstić information content (AvgIpc) is 2.84. The van der Waals surface area contributed by atoms with E-state index in [9.17, 15) is 4.79 Å². The molecule has 1 aromatic carbocycles. The Labute approximate surface area is 129 Å². The Bertz CT molecular complexity index is 513. The van der Waals surface area contributed by atoms with Crippen molar-refractivity contribution >= 4 is 63.3 Å². The van der Waals surface area contributed by atoms with Gasteiger partial charge < -0.3 is 10.6 Å². The molecule has 1 amide bonds. The van der Waals surface area contributed by atoms with Gasteiger partial charge in [-0.25, -0.2) is 0 Å². The first kappa shape index (κ1) is 14.8. The molecule has 0 saturated carbocycles. The van der Waals surface area contributed by atoms with Crippen LogP contribution in [0.2, 0.25) is 15.1 Å². The molecule has 0 fully saturated rings. The van der Waals surface area contributed by atoms with Gasteiger partial charge in [-0.2, -0.15) is 0 Å². The van der Waals surface area contributed by atoms with Crippen LogP contribution in [0.4, 0.5) is 5.69 Å². The lowest BCUT2D eigenvalue weighted by Crippen LogP contribution is -2.20. The van der Waals surface area contributed by atoms with Crippen LogP contribution in [0.3, 0.4) is 0 Å². The highest BCUT2D eigenvalue weighted by atomic mass is 35.5. The zero-order valence-corrected chi connectivity index (χ0v) is 12.8. The van der Waals surface area contributed by atoms with Crippen molar-refractivity contribution in [1.29, 1.82) is 0 Å². The van der Waals surface area contributed by atoms with Crippen molar-refractivity contribution in [3.8, 4) is 0 Å². The number of benzene rings is 1. The van der Waals surface area contributed by atoms with Gasteiger partial charge in [-0.3, -0.25) is 9.79 Å². The van der Waals surface area contributed by atoms with Crippen LogP contribution >= 0.6 is 46.6 Å².